The summed E-state index contributed by atoms with van der Waals surface area (Å²) in [4.78, 5) is 18.3. The summed E-state index contributed by atoms with van der Waals surface area (Å²) in [6.45, 7) is 2.03. The second-order valence-electron chi connectivity index (χ2n) is 4.42. The summed E-state index contributed by atoms with van der Waals surface area (Å²) < 4.78 is 1.47. The summed E-state index contributed by atoms with van der Waals surface area (Å²) >= 11 is 7.33. The molecule has 0 saturated carbocycles. The van der Waals surface area contributed by atoms with E-state index in [0.29, 0.717) is 15.6 Å². The first-order chi connectivity index (χ1) is 9.63. The average molecular weight is 303 g/mol. The van der Waals surface area contributed by atoms with Crippen LogP contribution in [0.1, 0.15) is 5.56 Å². The molecule has 3 nitrogen and oxygen atoms in total. The molecule has 0 unspecified atom stereocenters. The largest absolute Gasteiger partial charge is 0.271 e. The Labute approximate surface area is 125 Å². The van der Waals surface area contributed by atoms with Gasteiger partial charge >= 0.3 is 0 Å². The maximum Gasteiger partial charge on any atom is 0.271 e. The van der Waals surface area contributed by atoms with E-state index in [2.05, 4.69) is 4.98 Å². The number of hydrogen-bond donors (Lipinski definition) is 0. The molecule has 0 aliphatic rings. The summed E-state index contributed by atoms with van der Waals surface area (Å²) in [5.74, 6) is 0. The van der Waals surface area contributed by atoms with E-state index in [4.69, 9.17) is 11.6 Å². The number of aryl methyl sites for hydroxylation is 1. The fourth-order valence-electron chi connectivity index (χ4n) is 1.84. The van der Waals surface area contributed by atoms with Crippen LogP contribution in [0.2, 0.25) is 5.02 Å². The molecule has 0 atom stereocenters. The normalized spacial score (nSPS) is 10.9. The molecule has 20 heavy (non-hydrogen) atoms. The number of aromatic nitrogens is 2. The van der Waals surface area contributed by atoms with Gasteiger partial charge in [0.2, 0.25) is 0 Å². The number of halogens is 1. The highest BCUT2D eigenvalue weighted by molar-refractivity contribution is 7.99. The van der Waals surface area contributed by atoms with Gasteiger partial charge in [0.15, 0.2) is 0 Å². The summed E-state index contributed by atoms with van der Waals surface area (Å²) in [5.41, 5.74) is 1.67. The molecule has 3 rings (SSSR count). The van der Waals surface area contributed by atoms with Crippen LogP contribution in [-0.2, 0) is 0 Å². The highest BCUT2D eigenvalue weighted by Gasteiger charge is 2.07. The molecule has 0 N–H and O–H groups in total. The first kappa shape index (κ1) is 13.2. The van der Waals surface area contributed by atoms with E-state index >= 15 is 0 Å². The van der Waals surface area contributed by atoms with Crippen molar-refractivity contribution in [1.29, 1.82) is 0 Å². The summed E-state index contributed by atoms with van der Waals surface area (Å²) in [6.07, 6.45) is 3.20. The van der Waals surface area contributed by atoms with Gasteiger partial charge in [-0.05, 0) is 31.2 Å². The quantitative estimate of drug-likeness (QED) is 0.722. The monoisotopic (exact) mass is 302 g/mol. The Morgan fingerprint density at radius 1 is 1.15 bits per heavy atom. The summed E-state index contributed by atoms with van der Waals surface area (Å²) in [5, 5.41) is 0.513. The summed E-state index contributed by atoms with van der Waals surface area (Å²) in [6, 6.07) is 11.5. The Hall–Kier alpha value is -1.78. The number of fused-ring (bicyclic) bond motifs is 1. The lowest BCUT2D eigenvalue weighted by Crippen LogP contribution is -2.16. The van der Waals surface area contributed by atoms with Crippen LogP contribution in [-0.4, -0.2) is 9.38 Å². The van der Waals surface area contributed by atoms with Gasteiger partial charge < -0.3 is 0 Å². The van der Waals surface area contributed by atoms with Crippen molar-refractivity contribution in [3.63, 3.8) is 0 Å². The first-order valence-corrected chi connectivity index (χ1v) is 7.24. The minimum atomic E-state index is -0.108. The molecule has 0 fully saturated rings. The van der Waals surface area contributed by atoms with Crippen molar-refractivity contribution in [2.24, 2.45) is 0 Å². The molecule has 2 aromatic heterocycles. The maximum atomic E-state index is 12.4. The zero-order chi connectivity index (χ0) is 14.1. The molecule has 0 aliphatic carbocycles. The van der Waals surface area contributed by atoms with Crippen LogP contribution in [0.15, 0.2) is 63.4 Å². The Balaban J connectivity index is 2.06. The van der Waals surface area contributed by atoms with Crippen molar-refractivity contribution < 1.29 is 0 Å². The van der Waals surface area contributed by atoms with Crippen LogP contribution < -0.4 is 5.56 Å². The minimum Gasteiger partial charge on any atom is -0.268 e. The third kappa shape index (κ3) is 2.57. The van der Waals surface area contributed by atoms with E-state index in [9.17, 15) is 4.79 Å². The SMILES string of the molecule is Cc1ccc(Sc2cnc3ccc(Cl)cn3c2=O)cc1. The third-order valence-electron chi connectivity index (χ3n) is 2.88. The van der Waals surface area contributed by atoms with Crippen LogP contribution in [0.3, 0.4) is 0 Å². The van der Waals surface area contributed by atoms with Gasteiger partial charge in [-0.25, -0.2) is 4.98 Å². The fourth-order valence-corrected chi connectivity index (χ4v) is 2.81. The number of rotatable bonds is 2. The topological polar surface area (TPSA) is 34.4 Å². The number of pyridine rings is 1. The molecule has 0 saturated heterocycles. The molecule has 0 bridgehead atoms. The van der Waals surface area contributed by atoms with Crippen molar-refractivity contribution in [3.8, 4) is 0 Å². The second kappa shape index (κ2) is 5.31. The number of hydrogen-bond acceptors (Lipinski definition) is 3. The van der Waals surface area contributed by atoms with Gasteiger partial charge in [-0.15, -0.1) is 0 Å². The zero-order valence-corrected chi connectivity index (χ0v) is 12.3. The van der Waals surface area contributed by atoms with E-state index < -0.39 is 0 Å². The average Bonchev–Trinajstić information content (AvgIpc) is 2.45. The molecular weight excluding hydrogens is 292 g/mol. The van der Waals surface area contributed by atoms with Gasteiger partial charge in [-0.2, -0.15) is 0 Å². The lowest BCUT2D eigenvalue weighted by molar-refractivity contribution is 0.985. The van der Waals surface area contributed by atoms with Gasteiger partial charge in [0.25, 0.3) is 5.56 Å². The lowest BCUT2D eigenvalue weighted by atomic mass is 10.2. The van der Waals surface area contributed by atoms with E-state index in [0.717, 1.165) is 4.90 Å². The molecule has 0 aliphatic heterocycles. The molecule has 0 spiro atoms. The summed E-state index contributed by atoms with van der Waals surface area (Å²) in [7, 11) is 0. The van der Waals surface area contributed by atoms with Gasteiger partial charge in [-0.1, -0.05) is 41.1 Å². The Bertz CT molecular complexity index is 827. The highest BCUT2D eigenvalue weighted by Crippen LogP contribution is 2.25. The van der Waals surface area contributed by atoms with Crippen molar-refractivity contribution in [2.75, 3.05) is 0 Å². The molecule has 3 aromatic rings. The van der Waals surface area contributed by atoms with E-state index in [1.807, 2.05) is 31.2 Å². The second-order valence-corrected chi connectivity index (χ2v) is 5.97. The van der Waals surface area contributed by atoms with Crippen LogP contribution in [0.4, 0.5) is 0 Å². The molecule has 5 heteroatoms. The van der Waals surface area contributed by atoms with Crippen LogP contribution in [0.5, 0.6) is 0 Å². The molecule has 100 valence electrons. The zero-order valence-electron chi connectivity index (χ0n) is 10.7. The maximum absolute atomic E-state index is 12.4. The minimum absolute atomic E-state index is 0.108. The third-order valence-corrected chi connectivity index (χ3v) is 4.11. The fraction of sp³-hybridized carbons (Fsp3) is 0.0667. The molecular formula is C15H11ClN2OS. The number of nitrogens with zero attached hydrogens (tertiary/aromatic N) is 2. The van der Waals surface area contributed by atoms with Gasteiger partial charge in [0.1, 0.15) is 5.65 Å². The smallest absolute Gasteiger partial charge is 0.268 e. The van der Waals surface area contributed by atoms with E-state index in [1.165, 1.54) is 21.7 Å². The van der Waals surface area contributed by atoms with Crippen molar-refractivity contribution in [1.82, 2.24) is 9.38 Å². The van der Waals surface area contributed by atoms with Crippen molar-refractivity contribution in [2.45, 2.75) is 16.7 Å². The molecule has 1 aromatic carbocycles. The predicted molar refractivity (Wildman–Crippen MR) is 81.8 cm³/mol. The van der Waals surface area contributed by atoms with Gasteiger partial charge in [0, 0.05) is 17.3 Å². The Morgan fingerprint density at radius 3 is 2.65 bits per heavy atom. The van der Waals surface area contributed by atoms with Crippen molar-refractivity contribution in [3.05, 3.63) is 69.7 Å². The highest BCUT2D eigenvalue weighted by atomic mass is 35.5. The van der Waals surface area contributed by atoms with E-state index in [1.54, 1.807) is 24.5 Å². The number of benzene rings is 1. The van der Waals surface area contributed by atoms with Crippen LogP contribution in [0, 0.1) is 6.92 Å². The Kier molecular flexibility index (Phi) is 3.51. The molecule has 2 heterocycles. The van der Waals surface area contributed by atoms with Crippen molar-refractivity contribution >= 4 is 29.0 Å². The van der Waals surface area contributed by atoms with Crippen LogP contribution in [0.25, 0.3) is 5.65 Å². The molecule has 0 amide bonds. The van der Waals surface area contributed by atoms with Gasteiger partial charge in [-0.3, -0.25) is 9.20 Å². The first-order valence-electron chi connectivity index (χ1n) is 6.05. The standard InChI is InChI=1S/C15H11ClN2OS/c1-10-2-5-12(6-3-10)20-13-8-17-14-7-4-11(16)9-18(14)15(13)19/h2-9H,1H3. The lowest BCUT2D eigenvalue weighted by Gasteiger charge is -2.04. The predicted octanol–water partition coefficient (Wildman–Crippen LogP) is 3.81. The van der Waals surface area contributed by atoms with E-state index in [-0.39, 0.29) is 5.56 Å². The van der Waals surface area contributed by atoms with Gasteiger partial charge in [0.05, 0.1) is 9.92 Å². The van der Waals surface area contributed by atoms with Crippen LogP contribution >= 0.6 is 23.4 Å². The molecule has 0 radical (unpaired) electrons. The Morgan fingerprint density at radius 2 is 1.90 bits per heavy atom.